The molecule has 0 amide bonds. The van der Waals surface area contributed by atoms with Gasteiger partial charge in [-0.3, -0.25) is 0 Å². The van der Waals surface area contributed by atoms with Gasteiger partial charge in [-0.2, -0.15) is 0 Å². The van der Waals surface area contributed by atoms with Crippen molar-refractivity contribution in [1.29, 1.82) is 0 Å². The van der Waals surface area contributed by atoms with Crippen LogP contribution in [-0.2, 0) is 4.74 Å². The number of hydrogen-bond acceptors (Lipinski definition) is 3. The van der Waals surface area contributed by atoms with Crippen molar-refractivity contribution in [1.82, 2.24) is 10.2 Å². The number of nitrogens with one attached hydrogen (secondary N) is 1. The fourth-order valence-corrected chi connectivity index (χ4v) is 4.06. The average Bonchev–Trinajstić information content (AvgIpc) is 2.49. The topological polar surface area (TPSA) is 24.5 Å². The van der Waals surface area contributed by atoms with Gasteiger partial charge in [0.2, 0.25) is 0 Å². The number of hydrogen-bond donors (Lipinski definition) is 1. The minimum Gasteiger partial charge on any atom is -0.377 e. The lowest BCUT2D eigenvalue weighted by molar-refractivity contribution is 0.00575. The van der Waals surface area contributed by atoms with Crippen LogP contribution in [0.3, 0.4) is 0 Å². The third-order valence-electron chi connectivity index (χ3n) is 5.58. The molecule has 0 unspecified atom stereocenters. The molecule has 3 nitrogen and oxygen atoms in total. The van der Waals surface area contributed by atoms with Gasteiger partial charge in [-0.25, -0.2) is 0 Å². The molecule has 22 heavy (non-hydrogen) atoms. The zero-order valence-electron chi connectivity index (χ0n) is 15.3. The summed E-state index contributed by atoms with van der Waals surface area (Å²) in [5.74, 6) is 1.80. The molecule has 1 saturated heterocycles. The number of rotatable bonds is 7. The fourth-order valence-electron chi connectivity index (χ4n) is 4.06. The summed E-state index contributed by atoms with van der Waals surface area (Å²) in [6.45, 7) is 13.8. The minimum atomic E-state index is 0.512. The smallest absolute Gasteiger partial charge is 0.0597 e. The van der Waals surface area contributed by atoms with Crippen molar-refractivity contribution >= 4 is 0 Å². The predicted molar refractivity (Wildman–Crippen MR) is 94.3 cm³/mol. The summed E-state index contributed by atoms with van der Waals surface area (Å²) in [5.41, 5.74) is 0. The normalized spacial score (nSPS) is 28.6. The van der Waals surface area contributed by atoms with Crippen molar-refractivity contribution in [2.45, 2.75) is 84.4 Å². The predicted octanol–water partition coefficient (Wildman–Crippen LogP) is 3.68. The molecule has 0 spiro atoms. The summed E-state index contributed by atoms with van der Waals surface area (Å²) in [4.78, 5) is 2.60. The van der Waals surface area contributed by atoms with E-state index in [1.54, 1.807) is 0 Å². The number of nitrogens with zero attached hydrogens (tertiary/aromatic N) is 1. The molecule has 1 aliphatic heterocycles. The summed E-state index contributed by atoms with van der Waals surface area (Å²) in [5, 5.41) is 3.66. The van der Waals surface area contributed by atoms with Crippen LogP contribution in [0.1, 0.15) is 66.2 Å². The molecule has 3 heteroatoms. The Morgan fingerprint density at radius 2 is 1.59 bits per heavy atom. The molecule has 2 fully saturated rings. The zero-order chi connectivity index (χ0) is 15.9. The van der Waals surface area contributed by atoms with E-state index in [4.69, 9.17) is 4.74 Å². The Balaban J connectivity index is 1.53. The lowest BCUT2D eigenvalue weighted by Gasteiger charge is -2.34. The molecule has 1 saturated carbocycles. The molecular formula is C19H38N2O. The van der Waals surface area contributed by atoms with Crippen LogP contribution in [0.5, 0.6) is 0 Å². The molecule has 0 aromatic carbocycles. The van der Waals surface area contributed by atoms with Crippen LogP contribution in [0.25, 0.3) is 0 Å². The monoisotopic (exact) mass is 310 g/mol. The molecule has 0 bridgehead atoms. The molecule has 0 atom stereocenters. The lowest BCUT2D eigenvalue weighted by atomic mass is 9.87. The molecule has 2 aliphatic rings. The Morgan fingerprint density at radius 1 is 0.955 bits per heavy atom. The van der Waals surface area contributed by atoms with Gasteiger partial charge in [0.15, 0.2) is 0 Å². The van der Waals surface area contributed by atoms with Crippen molar-refractivity contribution in [3.8, 4) is 0 Å². The number of likely N-dealkylation sites (tertiary alicyclic amines) is 1. The molecular weight excluding hydrogens is 272 g/mol. The van der Waals surface area contributed by atoms with Gasteiger partial charge in [0.25, 0.3) is 0 Å². The Morgan fingerprint density at radius 3 is 2.14 bits per heavy atom. The van der Waals surface area contributed by atoms with Crippen LogP contribution in [0.2, 0.25) is 0 Å². The SMILES string of the molecule is CC(C)N[C@H]1CC[C@H](OCCN2CCC(C(C)C)CC2)CC1. The first-order chi connectivity index (χ1) is 10.5. The highest BCUT2D eigenvalue weighted by Crippen LogP contribution is 2.25. The second-order valence-electron chi connectivity index (χ2n) is 8.09. The number of ether oxygens (including phenoxy) is 1. The highest BCUT2D eigenvalue weighted by molar-refractivity contribution is 4.79. The van der Waals surface area contributed by atoms with Gasteiger partial charge in [0, 0.05) is 18.6 Å². The Labute approximate surface area is 138 Å². The van der Waals surface area contributed by atoms with E-state index in [-0.39, 0.29) is 0 Å². The summed E-state index contributed by atoms with van der Waals surface area (Å²) < 4.78 is 6.14. The molecule has 1 N–H and O–H groups in total. The van der Waals surface area contributed by atoms with Gasteiger partial charge in [0.1, 0.15) is 0 Å². The van der Waals surface area contributed by atoms with E-state index in [1.807, 2.05) is 0 Å². The van der Waals surface area contributed by atoms with Gasteiger partial charge >= 0.3 is 0 Å². The van der Waals surface area contributed by atoms with E-state index in [9.17, 15) is 0 Å². The third-order valence-corrected chi connectivity index (χ3v) is 5.58. The van der Waals surface area contributed by atoms with Gasteiger partial charge in [-0.15, -0.1) is 0 Å². The summed E-state index contributed by atoms with van der Waals surface area (Å²) in [7, 11) is 0. The summed E-state index contributed by atoms with van der Waals surface area (Å²) in [6, 6.07) is 1.33. The Hall–Kier alpha value is -0.120. The van der Waals surface area contributed by atoms with Crippen molar-refractivity contribution in [2.75, 3.05) is 26.2 Å². The summed E-state index contributed by atoms with van der Waals surface area (Å²) >= 11 is 0. The van der Waals surface area contributed by atoms with Crippen molar-refractivity contribution in [3.63, 3.8) is 0 Å². The molecule has 0 radical (unpaired) electrons. The van der Waals surface area contributed by atoms with Crippen molar-refractivity contribution in [3.05, 3.63) is 0 Å². The van der Waals surface area contributed by atoms with E-state index < -0.39 is 0 Å². The van der Waals surface area contributed by atoms with Crippen LogP contribution >= 0.6 is 0 Å². The molecule has 1 heterocycles. The second-order valence-corrected chi connectivity index (χ2v) is 8.09. The van der Waals surface area contributed by atoms with Crippen LogP contribution < -0.4 is 5.32 Å². The number of piperidine rings is 1. The highest BCUT2D eigenvalue weighted by atomic mass is 16.5. The minimum absolute atomic E-state index is 0.512. The largest absolute Gasteiger partial charge is 0.377 e. The van der Waals surface area contributed by atoms with Crippen LogP contribution in [0.4, 0.5) is 0 Å². The van der Waals surface area contributed by atoms with Gasteiger partial charge in [-0.05, 0) is 63.5 Å². The van der Waals surface area contributed by atoms with E-state index in [0.29, 0.717) is 12.1 Å². The maximum absolute atomic E-state index is 6.14. The highest BCUT2D eigenvalue weighted by Gasteiger charge is 2.23. The first-order valence-corrected chi connectivity index (χ1v) is 9.64. The molecule has 2 rings (SSSR count). The lowest BCUT2D eigenvalue weighted by Crippen LogP contribution is -2.40. The van der Waals surface area contributed by atoms with E-state index in [2.05, 4.69) is 37.9 Å². The van der Waals surface area contributed by atoms with E-state index in [0.717, 1.165) is 31.0 Å². The standard InChI is InChI=1S/C19H38N2O/c1-15(2)17-9-11-21(12-10-17)13-14-22-19-7-5-18(6-8-19)20-16(3)4/h15-20H,5-14H2,1-4H3/t18-,19-. The molecule has 0 aromatic heterocycles. The first-order valence-electron chi connectivity index (χ1n) is 9.64. The van der Waals surface area contributed by atoms with Crippen molar-refractivity contribution in [2.24, 2.45) is 11.8 Å². The average molecular weight is 311 g/mol. The maximum atomic E-state index is 6.14. The van der Waals surface area contributed by atoms with E-state index >= 15 is 0 Å². The quantitative estimate of drug-likeness (QED) is 0.776. The molecule has 0 aromatic rings. The van der Waals surface area contributed by atoms with E-state index in [1.165, 1.54) is 51.6 Å². The first kappa shape index (κ1) is 18.2. The zero-order valence-corrected chi connectivity index (χ0v) is 15.3. The maximum Gasteiger partial charge on any atom is 0.0597 e. The van der Waals surface area contributed by atoms with Gasteiger partial charge in [0.05, 0.1) is 12.7 Å². The summed E-state index contributed by atoms with van der Waals surface area (Å²) in [6.07, 6.45) is 8.30. The Kier molecular flexibility index (Phi) is 7.66. The fraction of sp³-hybridized carbons (Fsp3) is 1.00. The Bertz CT molecular complexity index is 290. The van der Waals surface area contributed by atoms with Crippen LogP contribution in [0.15, 0.2) is 0 Å². The van der Waals surface area contributed by atoms with Crippen LogP contribution in [-0.4, -0.2) is 49.3 Å². The second kappa shape index (κ2) is 9.24. The van der Waals surface area contributed by atoms with Crippen LogP contribution in [0, 0.1) is 11.8 Å². The molecule has 1 aliphatic carbocycles. The van der Waals surface area contributed by atoms with Gasteiger partial charge < -0.3 is 15.0 Å². The third kappa shape index (κ3) is 6.17. The van der Waals surface area contributed by atoms with Gasteiger partial charge in [-0.1, -0.05) is 27.7 Å². The molecule has 130 valence electrons. The van der Waals surface area contributed by atoms with Crippen molar-refractivity contribution < 1.29 is 4.74 Å².